The molecule has 0 saturated heterocycles. The van der Waals surface area contributed by atoms with Crippen LogP contribution in [0.15, 0.2) is 57.2 Å². The Balaban J connectivity index is 1.62. The quantitative estimate of drug-likeness (QED) is 0.665. The van der Waals surface area contributed by atoms with Crippen molar-refractivity contribution in [2.75, 3.05) is 11.9 Å². The number of rotatable bonds is 6. The standard InChI is InChI=1S/C16H11ClFN3O2S2/c17-11-7-10(5-6-12(11)18)23-8-15(22)20-13-3-1-2-4-14(13)25-16-21-19-9-24-16/h1-7,9H,8H2,(H,20,22). The van der Waals surface area contributed by atoms with Gasteiger partial charge in [-0.3, -0.25) is 4.79 Å². The van der Waals surface area contributed by atoms with Crippen LogP contribution in [0.4, 0.5) is 10.1 Å². The zero-order valence-electron chi connectivity index (χ0n) is 12.6. The zero-order valence-corrected chi connectivity index (χ0v) is 15.0. The molecule has 3 aromatic rings. The molecule has 1 aromatic heterocycles. The van der Waals surface area contributed by atoms with Gasteiger partial charge in [0.1, 0.15) is 17.1 Å². The number of nitrogens with one attached hydrogen (secondary N) is 1. The van der Waals surface area contributed by atoms with Crippen LogP contribution in [0.2, 0.25) is 5.02 Å². The molecule has 0 saturated carbocycles. The SMILES string of the molecule is O=C(COc1ccc(F)c(Cl)c1)Nc1ccccc1Sc1nncs1. The van der Waals surface area contributed by atoms with Gasteiger partial charge in [-0.1, -0.05) is 46.8 Å². The summed E-state index contributed by atoms with van der Waals surface area (Å²) in [5, 5.41) is 10.5. The number of para-hydroxylation sites is 1. The highest BCUT2D eigenvalue weighted by Crippen LogP contribution is 2.33. The second kappa shape index (κ2) is 8.28. The maximum absolute atomic E-state index is 13.1. The van der Waals surface area contributed by atoms with Crippen LogP contribution in [0.1, 0.15) is 0 Å². The lowest BCUT2D eigenvalue weighted by Crippen LogP contribution is -2.20. The van der Waals surface area contributed by atoms with Gasteiger partial charge in [-0.25, -0.2) is 4.39 Å². The summed E-state index contributed by atoms with van der Waals surface area (Å²) < 4.78 is 19.2. The van der Waals surface area contributed by atoms with E-state index in [1.54, 1.807) is 11.6 Å². The first kappa shape index (κ1) is 17.7. The van der Waals surface area contributed by atoms with Gasteiger partial charge in [-0.05, 0) is 24.3 Å². The Kier molecular flexibility index (Phi) is 5.85. The highest BCUT2D eigenvalue weighted by molar-refractivity contribution is 8.01. The van der Waals surface area contributed by atoms with Crippen LogP contribution in [0, 0.1) is 5.82 Å². The van der Waals surface area contributed by atoms with Crippen molar-refractivity contribution < 1.29 is 13.9 Å². The van der Waals surface area contributed by atoms with Gasteiger partial charge in [0.2, 0.25) is 0 Å². The van der Waals surface area contributed by atoms with Crippen LogP contribution >= 0.6 is 34.7 Å². The molecule has 0 unspecified atom stereocenters. The summed E-state index contributed by atoms with van der Waals surface area (Å²) in [6, 6.07) is 11.3. The lowest BCUT2D eigenvalue weighted by Gasteiger charge is -2.10. The molecule has 0 bridgehead atoms. The molecule has 0 radical (unpaired) electrons. The summed E-state index contributed by atoms with van der Waals surface area (Å²) in [5.74, 6) is -0.565. The van der Waals surface area contributed by atoms with E-state index in [9.17, 15) is 9.18 Å². The number of aromatic nitrogens is 2. The molecule has 0 atom stereocenters. The van der Waals surface area contributed by atoms with E-state index in [4.69, 9.17) is 16.3 Å². The third-order valence-corrected chi connectivity index (χ3v) is 5.10. The van der Waals surface area contributed by atoms with Gasteiger partial charge < -0.3 is 10.1 Å². The number of hydrogen-bond donors (Lipinski definition) is 1. The third-order valence-electron chi connectivity index (χ3n) is 2.96. The Morgan fingerprint density at radius 2 is 2.16 bits per heavy atom. The van der Waals surface area contributed by atoms with E-state index in [0.717, 1.165) is 9.24 Å². The first-order valence-electron chi connectivity index (χ1n) is 7.02. The van der Waals surface area contributed by atoms with Crippen molar-refractivity contribution in [1.82, 2.24) is 10.2 Å². The van der Waals surface area contributed by atoms with Gasteiger partial charge in [0.25, 0.3) is 5.91 Å². The van der Waals surface area contributed by atoms with Crippen LogP contribution < -0.4 is 10.1 Å². The first-order valence-corrected chi connectivity index (χ1v) is 9.10. The molecule has 9 heteroatoms. The Bertz CT molecular complexity index is 878. The van der Waals surface area contributed by atoms with Crippen molar-refractivity contribution in [2.45, 2.75) is 9.24 Å². The molecule has 2 aromatic carbocycles. The highest BCUT2D eigenvalue weighted by Gasteiger charge is 2.10. The number of carbonyl (C=O) groups excluding carboxylic acids is 1. The van der Waals surface area contributed by atoms with Crippen LogP contribution in [-0.4, -0.2) is 22.7 Å². The van der Waals surface area contributed by atoms with Gasteiger partial charge >= 0.3 is 0 Å². The predicted molar refractivity (Wildman–Crippen MR) is 96.0 cm³/mol. The van der Waals surface area contributed by atoms with E-state index in [-0.39, 0.29) is 17.5 Å². The van der Waals surface area contributed by atoms with E-state index in [1.807, 2.05) is 18.2 Å². The largest absolute Gasteiger partial charge is 0.484 e. The fraction of sp³-hybridized carbons (Fsp3) is 0.0625. The number of anilines is 1. The summed E-state index contributed by atoms with van der Waals surface area (Å²) in [6.45, 7) is -0.222. The number of amides is 1. The van der Waals surface area contributed by atoms with Crippen LogP contribution in [-0.2, 0) is 4.79 Å². The molecule has 5 nitrogen and oxygen atoms in total. The first-order chi connectivity index (χ1) is 12.1. The van der Waals surface area contributed by atoms with Crippen molar-refractivity contribution in [3.05, 3.63) is 58.8 Å². The maximum atomic E-state index is 13.1. The number of hydrogen-bond acceptors (Lipinski definition) is 6. The molecule has 0 aliphatic carbocycles. The molecular formula is C16H11ClFN3O2S2. The Morgan fingerprint density at radius 3 is 2.92 bits per heavy atom. The molecule has 0 aliphatic rings. The minimum atomic E-state index is -0.541. The average Bonchev–Trinajstić information content (AvgIpc) is 3.11. The molecule has 0 aliphatic heterocycles. The Labute approximate surface area is 156 Å². The zero-order chi connectivity index (χ0) is 17.6. The molecule has 1 amide bonds. The summed E-state index contributed by atoms with van der Waals surface area (Å²) >= 11 is 8.51. The van der Waals surface area contributed by atoms with Crippen molar-refractivity contribution in [3.8, 4) is 5.75 Å². The van der Waals surface area contributed by atoms with Crippen molar-refractivity contribution in [3.63, 3.8) is 0 Å². The van der Waals surface area contributed by atoms with E-state index in [1.165, 1.54) is 41.3 Å². The number of benzene rings is 2. The number of carbonyl (C=O) groups is 1. The summed E-state index contributed by atoms with van der Waals surface area (Å²) in [6.07, 6.45) is 0. The maximum Gasteiger partial charge on any atom is 0.262 e. The molecule has 0 fully saturated rings. The molecule has 0 spiro atoms. The minimum absolute atomic E-state index is 0.0586. The van der Waals surface area contributed by atoms with Crippen LogP contribution in [0.3, 0.4) is 0 Å². The van der Waals surface area contributed by atoms with E-state index in [0.29, 0.717) is 11.4 Å². The third kappa shape index (κ3) is 4.91. The number of nitrogens with zero attached hydrogens (tertiary/aromatic N) is 2. The minimum Gasteiger partial charge on any atom is -0.484 e. The van der Waals surface area contributed by atoms with E-state index in [2.05, 4.69) is 15.5 Å². The summed E-state index contributed by atoms with van der Waals surface area (Å²) in [5.41, 5.74) is 2.29. The topological polar surface area (TPSA) is 64.1 Å². The van der Waals surface area contributed by atoms with Gasteiger partial charge in [0, 0.05) is 11.0 Å². The van der Waals surface area contributed by atoms with Gasteiger partial charge in [-0.2, -0.15) is 0 Å². The van der Waals surface area contributed by atoms with Gasteiger partial charge in [-0.15, -0.1) is 10.2 Å². The van der Waals surface area contributed by atoms with Gasteiger partial charge in [0.05, 0.1) is 10.7 Å². The molecule has 1 heterocycles. The fourth-order valence-corrected chi connectivity index (χ4v) is 3.55. The van der Waals surface area contributed by atoms with E-state index >= 15 is 0 Å². The number of halogens is 2. The lowest BCUT2D eigenvalue weighted by molar-refractivity contribution is -0.118. The Hall–Kier alpha value is -2.16. The predicted octanol–water partition coefficient (Wildman–Crippen LogP) is 4.50. The highest BCUT2D eigenvalue weighted by atomic mass is 35.5. The molecule has 1 N–H and O–H groups in total. The Morgan fingerprint density at radius 1 is 1.32 bits per heavy atom. The second-order valence-corrected chi connectivity index (χ2v) is 7.25. The van der Waals surface area contributed by atoms with Crippen LogP contribution in [0.5, 0.6) is 5.75 Å². The molecule has 25 heavy (non-hydrogen) atoms. The monoisotopic (exact) mass is 395 g/mol. The fourth-order valence-electron chi connectivity index (χ4n) is 1.86. The normalized spacial score (nSPS) is 10.5. The summed E-state index contributed by atoms with van der Waals surface area (Å²) in [4.78, 5) is 13.0. The average molecular weight is 396 g/mol. The number of ether oxygens (including phenoxy) is 1. The van der Waals surface area contributed by atoms with Crippen molar-refractivity contribution >= 4 is 46.3 Å². The summed E-state index contributed by atoms with van der Waals surface area (Å²) in [7, 11) is 0. The van der Waals surface area contributed by atoms with Gasteiger partial charge in [0.15, 0.2) is 10.9 Å². The lowest BCUT2D eigenvalue weighted by atomic mass is 10.3. The molecule has 3 rings (SSSR count). The second-order valence-electron chi connectivity index (χ2n) is 4.72. The van der Waals surface area contributed by atoms with E-state index < -0.39 is 5.82 Å². The molecule has 128 valence electrons. The van der Waals surface area contributed by atoms with Crippen molar-refractivity contribution in [1.29, 1.82) is 0 Å². The molecular weight excluding hydrogens is 385 g/mol. The smallest absolute Gasteiger partial charge is 0.262 e. The van der Waals surface area contributed by atoms with Crippen LogP contribution in [0.25, 0.3) is 0 Å². The van der Waals surface area contributed by atoms with Crippen molar-refractivity contribution in [2.24, 2.45) is 0 Å².